The molecule has 1 amide bonds. The van der Waals surface area contributed by atoms with Crippen molar-refractivity contribution in [1.29, 1.82) is 0 Å². The molecule has 2 saturated heterocycles. The van der Waals surface area contributed by atoms with Gasteiger partial charge in [0.25, 0.3) is 0 Å². The fraction of sp³-hybridized carbons (Fsp3) is 0.417. The summed E-state index contributed by atoms with van der Waals surface area (Å²) in [4.78, 5) is 13.6. The number of anilines is 2. The van der Waals surface area contributed by atoms with Gasteiger partial charge in [-0.25, -0.2) is 4.79 Å². The lowest BCUT2D eigenvalue weighted by atomic mass is 9.98. The molecule has 2 aliphatic heterocycles. The predicted octanol–water partition coefficient (Wildman–Crippen LogP) is 0.957. The molecule has 1 aromatic carbocycles. The number of nitrogens with one attached hydrogen (secondary N) is 1. The molecule has 1 aromatic rings. The van der Waals surface area contributed by atoms with Crippen molar-refractivity contribution in [3.8, 4) is 0 Å². The molecule has 1 spiro atoms. The number of benzene rings is 1. The molecular weight excluding hydrogens is 218 g/mol. The van der Waals surface area contributed by atoms with Crippen LogP contribution in [0.4, 0.5) is 16.2 Å². The van der Waals surface area contributed by atoms with Gasteiger partial charge in [0, 0.05) is 17.9 Å². The monoisotopic (exact) mass is 233 g/mol. The number of cyclic esters (lactones) is 1. The first kappa shape index (κ1) is 10.4. The molecule has 0 radical (unpaired) electrons. The van der Waals surface area contributed by atoms with Gasteiger partial charge in [-0.3, -0.25) is 4.90 Å². The van der Waals surface area contributed by atoms with Crippen LogP contribution in [0.2, 0.25) is 0 Å². The number of carbonyl (C=O) groups is 1. The molecule has 90 valence electrons. The van der Waals surface area contributed by atoms with Crippen molar-refractivity contribution in [3.05, 3.63) is 24.3 Å². The summed E-state index contributed by atoms with van der Waals surface area (Å²) in [6.07, 6.45) is 0.632. The summed E-state index contributed by atoms with van der Waals surface area (Å²) in [5.41, 5.74) is 7.00. The van der Waals surface area contributed by atoms with Gasteiger partial charge in [-0.1, -0.05) is 6.07 Å². The molecule has 5 heteroatoms. The van der Waals surface area contributed by atoms with E-state index in [1.165, 1.54) is 0 Å². The van der Waals surface area contributed by atoms with Crippen LogP contribution in [0.3, 0.4) is 0 Å². The van der Waals surface area contributed by atoms with E-state index in [2.05, 4.69) is 5.32 Å². The van der Waals surface area contributed by atoms with Crippen LogP contribution in [0.25, 0.3) is 0 Å². The molecule has 2 fully saturated rings. The van der Waals surface area contributed by atoms with E-state index in [1.54, 1.807) is 4.90 Å². The van der Waals surface area contributed by atoms with Crippen molar-refractivity contribution in [1.82, 2.24) is 5.32 Å². The quantitative estimate of drug-likeness (QED) is 0.709. The minimum Gasteiger partial charge on any atom is -0.447 e. The normalized spacial score (nSPS) is 27.8. The second-order valence-electron chi connectivity index (χ2n) is 4.64. The Morgan fingerprint density at radius 2 is 2.35 bits per heavy atom. The van der Waals surface area contributed by atoms with Crippen LogP contribution in [-0.2, 0) is 4.74 Å². The molecule has 17 heavy (non-hydrogen) atoms. The lowest BCUT2D eigenvalue weighted by Gasteiger charge is -2.30. The minimum absolute atomic E-state index is 0.231. The van der Waals surface area contributed by atoms with Crippen molar-refractivity contribution in [2.45, 2.75) is 12.0 Å². The third-order valence-electron chi connectivity index (χ3n) is 3.47. The Morgan fingerprint density at radius 1 is 1.47 bits per heavy atom. The molecule has 0 saturated carbocycles. The van der Waals surface area contributed by atoms with Gasteiger partial charge in [-0.15, -0.1) is 0 Å². The van der Waals surface area contributed by atoms with Crippen molar-refractivity contribution < 1.29 is 9.53 Å². The molecule has 3 N–H and O–H groups in total. The Labute approximate surface area is 99.5 Å². The summed E-state index contributed by atoms with van der Waals surface area (Å²) in [6.45, 7) is 2.14. The van der Waals surface area contributed by atoms with Crippen molar-refractivity contribution in [3.63, 3.8) is 0 Å². The van der Waals surface area contributed by atoms with E-state index in [0.717, 1.165) is 25.2 Å². The van der Waals surface area contributed by atoms with Crippen molar-refractivity contribution >= 4 is 17.5 Å². The summed E-state index contributed by atoms with van der Waals surface area (Å²) >= 11 is 0. The third-order valence-corrected chi connectivity index (χ3v) is 3.47. The van der Waals surface area contributed by atoms with Gasteiger partial charge in [0.2, 0.25) is 0 Å². The van der Waals surface area contributed by atoms with E-state index in [0.29, 0.717) is 12.3 Å². The van der Waals surface area contributed by atoms with E-state index < -0.39 is 0 Å². The van der Waals surface area contributed by atoms with Crippen LogP contribution < -0.4 is 16.0 Å². The average molecular weight is 233 g/mol. The Morgan fingerprint density at radius 3 is 3.06 bits per heavy atom. The number of amides is 1. The Hall–Kier alpha value is -1.75. The second kappa shape index (κ2) is 3.63. The number of carbonyl (C=O) groups excluding carboxylic acids is 1. The van der Waals surface area contributed by atoms with Crippen LogP contribution in [0.5, 0.6) is 0 Å². The van der Waals surface area contributed by atoms with E-state index in [9.17, 15) is 4.79 Å². The molecule has 2 aliphatic rings. The van der Waals surface area contributed by atoms with E-state index >= 15 is 0 Å². The number of nitrogen functional groups attached to an aromatic ring is 1. The highest BCUT2D eigenvalue weighted by Crippen LogP contribution is 2.35. The first-order valence-corrected chi connectivity index (χ1v) is 5.75. The standard InChI is InChI=1S/C12H15N3O2/c13-9-2-1-3-10(6-9)15-11(16)17-8-12(15)4-5-14-7-12/h1-3,6,14H,4-5,7-8,13H2. The molecular formula is C12H15N3O2. The number of nitrogens with two attached hydrogens (primary N) is 1. The van der Waals surface area contributed by atoms with Gasteiger partial charge in [0.15, 0.2) is 0 Å². The second-order valence-corrected chi connectivity index (χ2v) is 4.64. The molecule has 1 unspecified atom stereocenters. The van der Waals surface area contributed by atoms with Crippen LogP contribution in [0.1, 0.15) is 6.42 Å². The Kier molecular flexibility index (Phi) is 2.22. The first-order chi connectivity index (χ1) is 8.21. The largest absolute Gasteiger partial charge is 0.447 e. The fourth-order valence-electron chi connectivity index (χ4n) is 2.61. The summed E-state index contributed by atoms with van der Waals surface area (Å²) in [7, 11) is 0. The molecule has 1 atom stereocenters. The SMILES string of the molecule is Nc1cccc(N2C(=O)OCC23CCNC3)c1. The molecule has 0 aromatic heterocycles. The number of rotatable bonds is 1. The maximum Gasteiger partial charge on any atom is 0.415 e. The average Bonchev–Trinajstić information content (AvgIpc) is 2.88. The van der Waals surface area contributed by atoms with Crippen LogP contribution in [-0.4, -0.2) is 31.3 Å². The third kappa shape index (κ3) is 1.54. The van der Waals surface area contributed by atoms with Crippen LogP contribution in [0, 0.1) is 0 Å². The van der Waals surface area contributed by atoms with Gasteiger partial charge < -0.3 is 15.8 Å². The summed E-state index contributed by atoms with van der Waals surface area (Å²) in [5.74, 6) is 0. The molecule has 0 bridgehead atoms. The predicted molar refractivity (Wildman–Crippen MR) is 64.9 cm³/mol. The number of hydrogen-bond acceptors (Lipinski definition) is 4. The summed E-state index contributed by atoms with van der Waals surface area (Å²) in [5, 5.41) is 3.28. The highest BCUT2D eigenvalue weighted by Gasteiger charge is 2.49. The highest BCUT2D eigenvalue weighted by atomic mass is 16.6. The lowest BCUT2D eigenvalue weighted by Crippen LogP contribution is -2.49. The van der Waals surface area contributed by atoms with E-state index in [-0.39, 0.29) is 11.6 Å². The maximum atomic E-state index is 11.9. The minimum atomic E-state index is -0.278. The molecule has 2 heterocycles. The summed E-state index contributed by atoms with van der Waals surface area (Å²) in [6, 6.07) is 7.37. The zero-order chi connectivity index (χ0) is 11.9. The van der Waals surface area contributed by atoms with E-state index in [4.69, 9.17) is 10.5 Å². The Bertz CT molecular complexity index is 455. The molecule has 5 nitrogen and oxygen atoms in total. The zero-order valence-corrected chi connectivity index (χ0v) is 9.48. The van der Waals surface area contributed by atoms with Gasteiger partial charge in [0.1, 0.15) is 6.61 Å². The topological polar surface area (TPSA) is 67.6 Å². The van der Waals surface area contributed by atoms with Gasteiger partial charge in [-0.2, -0.15) is 0 Å². The first-order valence-electron chi connectivity index (χ1n) is 5.75. The van der Waals surface area contributed by atoms with Gasteiger partial charge in [0.05, 0.1) is 5.54 Å². The number of ether oxygens (including phenoxy) is 1. The maximum absolute atomic E-state index is 11.9. The van der Waals surface area contributed by atoms with Crippen molar-refractivity contribution in [2.75, 3.05) is 30.3 Å². The zero-order valence-electron chi connectivity index (χ0n) is 9.48. The van der Waals surface area contributed by atoms with Crippen molar-refractivity contribution in [2.24, 2.45) is 0 Å². The van der Waals surface area contributed by atoms with E-state index in [1.807, 2.05) is 24.3 Å². The van der Waals surface area contributed by atoms with Crippen LogP contribution in [0.15, 0.2) is 24.3 Å². The summed E-state index contributed by atoms with van der Waals surface area (Å²) < 4.78 is 5.20. The smallest absolute Gasteiger partial charge is 0.415 e. The highest BCUT2D eigenvalue weighted by molar-refractivity contribution is 5.92. The van der Waals surface area contributed by atoms with Crippen LogP contribution >= 0.6 is 0 Å². The number of nitrogens with zero attached hydrogens (tertiary/aromatic N) is 1. The number of hydrogen-bond donors (Lipinski definition) is 2. The molecule has 3 rings (SSSR count). The fourth-order valence-corrected chi connectivity index (χ4v) is 2.61. The lowest BCUT2D eigenvalue weighted by molar-refractivity contribution is 0.174. The molecule has 0 aliphatic carbocycles. The Balaban J connectivity index is 2.01. The van der Waals surface area contributed by atoms with Gasteiger partial charge in [-0.05, 0) is 31.2 Å². The van der Waals surface area contributed by atoms with Gasteiger partial charge >= 0.3 is 6.09 Å².